The lowest BCUT2D eigenvalue weighted by molar-refractivity contribution is -0.280. The largest absolute Gasteiger partial charge is 0.481 e. The van der Waals surface area contributed by atoms with Crippen molar-refractivity contribution < 1.29 is 27.4 Å². The van der Waals surface area contributed by atoms with Gasteiger partial charge < -0.3 is 15.2 Å². The van der Waals surface area contributed by atoms with E-state index in [0.29, 0.717) is 0 Å². The summed E-state index contributed by atoms with van der Waals surface area (Å²) in [5, 5.41) is 0. The highest BCUT2D eigenvalue weighted by atomic mass is 19.4. The number of halogens is 3. The fraction of sp³-hybridized carbons (Fsp3) is 0.385. The van der Waals surface area contributed by atoms with Crippen LogP contribution >= 0.6 is 0 Å². The molecule has 1 aromatic rings. The second-order valence-corrected chi connectivity index (χ2v) is 4.59. The van der Waals surface area contributed by atoms with Crippen LogP contribution in [0.25, 0.3) is 0 Å². The molecule has 21 heavy (non-hydrogen) atoms. The molecular weight excluding hydrogens is 289 g/mol. The Bertz CT molecular complexity index is 574. The number of carbonyl (C=O) groups is 1. The van der Waals surface area contributed by atoms with E-state index in [0.717, 1.165) is 25.4 Å². The quantitative estimate of drug-likeness (QED) is 0.848. The number of anilines is 1. The van der Waals surface area contributed by atoms with E-state index in [1.807, 2.05) is 0 Å². The lowest BCUT2D eigenvalue weighted by Crippen LogP contribution is -2.48. The maximum absolute atomic E-state index is 13.6. The number of esters is 1. The summed E-state index contributed by atoms with van der Waals surface area (Å²) in [6.45, 7) is 1.12. The predicted octanol–water partition coefficient (Wildman–Crippen LogP) is 2.29. The average Bonchev–Trinajstić information content (AvgIpc) is 2.37. The molecule has 1 aliphatic rings. The molecule has 0 bridgehead atoms. The Morgan fingerprint density at radius 1 is 1.57 bits per heavy atom. The lowest BCUT2D eigenvalue weighted by atomic mass is 9.85. The predicted molar refractivity (Wildman–Crippen MR) is 66.8 cm³/mol. The van der Waals surface area contributed by atoms with Gasteiger partial charge in [0.25, 0.3) is 0 Å². The Balaban J connectivity index is 2.48. The van der Waals surface area contributed by atoms with Crippen LogP contribution in [0, 0.1) is 0 Å². The van der Waals surface area contributed by atoms with Gasteiger partial charge in [-0.15, -0.1) is 0 Å². The van der Waals surface area contributed by atoms with E-state index in [9.17, 15) is 18.0 Å². The third-order valence-corrected chi connectivity index (χ3v) is 3.11. The molecule has 114 valence electrons. The number of hydrogen-bond donors (Lipinski definition) is 1. The highest BCUT2D eigenvalue weighted by molar-refractivity contribution is 5.66. The Hall–Kier alpha value is -2.25. The van der Waals surface area contributed by atoms with Gasteiger partial charge in [-0.25, -0.2) is 0 Å². The van der Waals surface area contributed by atoms with E-state index >= 15 is 0 Å². The maximum Gasteiger partial charge on any atom is 0.432 e. The highest BCUT2D eigenvalue weighted by Gasteiger charge is 2.61. The minimum atomic E-state index is -4.74. The van der Waals surface area contributed by atoms with Crippen LogP contribution in [-0.4, -0.2) is 23.2 Å². The Morgan fingerprint density at radius 3 is 2.86 bits per heavy atom. The second-order valence-electron chi connectivity index (χ2n) is 4.59. The number of nitrogens with two attached hydrogens (primary N) is 1. The van der Waals surface area contributed by atoms with Gasteiger partial charge in [0.1, 0.15) is 6.10 Å². The van der Waals surface area contributed by atoms with Crippen molar-refractivity contribution in [3.8, 4) is 0 Å². The Labute approximate surface area is 118 Å². The molecule has 2 rings (SSSR count). The first-order chi connectivity index (χ1) is 9.76. The van der Waals surface area contributed by atoms with Gasteiger partial charge in [0, 0.05) is 25.1 Å². The molecule has 0 amide bonds. The number of carbonyl (C=O) groups excluding carboxylic acids is 1. The van der Waals surface area contributed by atoms with Crippen LogP contribution in [0.4, 0.5) is 18.9 Å². The monoisotopic (exact) mass is 302 g/mol. The summed E-state index contributed by atoms with van der Waals surface area (Å²) in [6, 6.07) is 1.15. The molecular formula is C13H13F3N2O3. The molecule has 0 radical (unpaired) electrons. The number of aromatic nitrogens is 1. The van der Waals surface area contributed by atoms with E-state index < -0.39 is 30.3 Å². The topological polar surface area (TPSA) is 74.4 Å². The van der Waals surface area contributed by atoms with Gasteiger partial charge in [-0.2, -0.15) is 13.2 Å². The zero-order valence-corrected chi connectivity index (χ0v) is 11.1. The van der Waals surface area contributed by atoms with E-state index in [4.69, 9.17) is 15.2 Å². The smallest absolute Gasteiger partial charge is 0.432 e. The number of pyridine rings is 1. The zero-order chi connectivity index (χ0) is 15.7. The minimum absolute atomic E-state index is 0.147. The molecule has 0 aromatic carbocycles. The molecule has 1 aliphatic heterocycles. The van der Waals surface area contributed by atoms with Crippen LogP contribution in [0.2, 0.25) is 0 Å². The van der Waals surface area contributed by atoms with Crippen molar-refractivity contribution in [2.24, 2.45) is 0 Å². The molecule has 0 saturated carbocycles. The molecule has 0 aliphatic carbocycles. The van der Waals surface area contributed by atoms with E-state index in [1.54, 1.807) is 0 Å². The summed E-state index contributed by atoms with van der Waals surface area (Å²) >= 11 is 0. The van der Waals surface area contributed by atoms with Crippen molar-refractivity contribution in [3.63, 3.8) is 0 Å². The Kier molecular flexibility index (Phi) is 3.80. The Morgan fingerprint density at radius 2 is 2.29 bits per heavy atom. The van der Waals surface area contributed by atoms with Crippen LogP contribution in [-0.2, 0) is 19.9 Å². The third kappa shape index (κ3) is 2.79. The van der Waals surface area contributed by atoms with Crippen LogP contribution in [0.3, 0.4) is 0 Å². The number of rotatable bonds is 2. The standard InChI is InChI=1S/C13H13F3N2O3/c1-8(19)21-9-3-5-20-12(6-9,13(14,15)16)10-2-4-18-7-11(10)17/h2-5,7,9H,6,17H2,1H3. The van der Waals surface area contributed by atoms with Gasteiger partial charge in [0.2, 0.25) is 5.60 Å². The number of alkyl halides is 3. The van der Waals surface area contributed by atoms with Crippen LogP contribution in [0.15, 0.2) is 30.8 Å². The highest BCUT2D eigenvalue weighted by Crippen LogP contribution is 2.49. The number of hydrogen-bond acceptors (Lipinski definition) is 5. The number of ether oxygens (including phenoxy) is 2. The molecule has 1 aromatic heterocycles. The lowest BCUT2D eigenvalue weighted by Gasteiger charge is -2.39. The summed E-state index contributed by atoms with van der Waals surface area (Å²) in [5.41, 5.74) is 2.53. The fourth-order valence-electron chi connectivity index (χ4n) is 2.22. The first kappa shape index (κ1) is 15.1. The van der Waals surface area contributed by atoms with Crippen LogP contribution in [0.5, 0.6) is 0 Å². The van der Waals surface area contributed by atoms with Gasteiger partial charge in [0.15, 0.2) is 0 Å². The first-order valence-electron chi connectivity index (χ1n) is 6.04. The molecule has 2 unspecified atom stereocenters. The van der Waals surface area contributed by atoms with Crippen molar-refractivity contribution in [2.45, 2.75) is 31.2 Å². The molecule has 8 heteroatoms. The summed E-state index contributed by atoms with van der Waals surface area (Å²) in [5.74, 6) is -0.676. The van der Waals surface area contributed by atoms with Crippen molar-refractivity contribution in [2.75, 3.05) is 5.73 Å². The molecule has 0 saturated heterocycles. The molecule has 5 nitrogen and oxygen atoms in total. The van der Waals surface area contributed by atoms with Gasteiger partial charge in [-0.3, -0.25) is 9.78 Å². The molecule has 2 atom stereocenters. The molecule has 2 N–H and O–H groups in total. The van der Waals surface area contributed by atoms with Crippen LogP contribution in [0.1, 0.15) is 18.9 Å². The van der Waals surface area contributed by atoms with E-state index in [2.05, 4.69) is 4.98 Å². The van der Waals surface area contributed by atoms with Crippen molar-refractivity contribution in [1.82, 2.24) is 4.98 Å². The van der Waals surface area contributed by atoms with Crippen molar-refractivity contribution in [3.05, 3.63) is 36.4 Å². The molecule has 0 spiro atoms. The summed E-state index contributed by atoms with van der Waals surface area (Å²) < 4.78 is 50.5. The van der Waals surface area contributed by atoms with Gasteiger partial charge in [0.05, 0.1) is 18.1 Å². The van der Waals surface area contributed by atoms with Gasteiger partial charge in [-0.05, 0) is 12.1 Å². The van der Waals surface area contributed by atoms with E-state index in [-0.39, 0.29) is 11.3 Å². The second kappa shape index (κ2) is 5.27. The van der Waals surface area contributed by atoms with Crippen molar-refractivity contribution >= 4 is 11.7 Å². The maximum atomic E-state index is 13.6. The SMILES string of the molecule is CC(=O)OC1C=COC(c2ccncc2N)(C(F)(F)F)C1. The van der Waals surface area contributed by atoms with Gasteiger partial charge in [-0.1, -0.05) is 0 Å². The third-order valence-electron chi connectivity index (χ3n) is 3.11. The molecule has 2 heterocycles. The first-order valence-corrected chi connectivity index (χ1v) is 6.04. The summed E-state index contributed by atoms with van der Waals surface area (Å²) in [7, 11) is 0. The number of nitrogens with zero attached hydrogens (tertiary/aromatic N) is 1. The number of nitrogen functional groups attached to an aromatic ring is 1. The molecule has 0 fully saturated rings. The van der Waals surface area contributed by atoms with E-state index in [1.165, 1.54) is 12.3 Å². The minimum Gasteiger partial charge on any atom is -0.481 e. The van der Waals surface area contributed by atoms with Gasteiger partial charge >= 0.3 is 12.1 Å². The summed E-state index contributed by atoms with van der Waals surface area (Å²) in [6.07, 6.45) is -1.96. The average molecular weight is 302 g/mol. The summed E-state index contributed by atoms with van der Waals surface area (Å²) in [4.78, 5) is 14.6. The van der Waals surface area contributed by atoms with Crippen molar-refractivity contribution in [1.29, 1.82) is 0 Å². The normalized spacial score (nSPS) is 25.2. The van der Waals surface area contributed by atoms with Crippen LogP contribution < -0.4 is 5.73 Å². The fourth-order valence-corrected chi connectivity index (χ4v) is 2.22. The zero-order valence-electron chi connectivity index (χ0n) is 11.1.